The molecule has 12 heteroatoms. The standard InChI is InChI=1S/C20H23ClF4N2O4S/c1-18(2,3)32(29)27-19(10-28,20(23,24)25)14-9-15(21)26-16(17(14)31-11-30-4)12-5-7-13(22)8-6-12/h5-9,27-28H,10-11H2,1-4H3/t19?,32-/m1/s1. The Morgan fingerprint density at radius 1 is 1.19 bits per heavy atom. The summed E-state index contributed by atoms with van der Waals surface area (Å²) in [4.78, 5) is 4.05. The highest BCUT2D eigenvalue weighted by molar-refractivity contribution is 7.90. The molecular formula is C20H23ClF4N2O4S. The van der Waals surface area contributed by atoms with Gasteiger partial charge in [0.1, 0.15) is 21.4 Å². The van der Waals surface area contributed by atoms with E-state index in [9.17, 15) is 27.2 Å². The van der Waals surface area contributed by atoms with Gasteiger partial charge < -0.3 is 19.1 Å². The van der Waals surface area contributed by atoms with Crippen molar-refractivity contribution in [3.05, 3.63) is 46.9 Å². The molecule has 0 spiro atoms. The van der Waals surface area contributed by atoms with Crippen molar-refractivity contribution in [2.45, 2.75) is 37.2 Å². The number of hydrogen-bond donors (Lipinski definition) is 2. The smallest absolute Gasteiger partial charge is 0.417 e. The van der Waals surface area contributed by atoms with Gasteiger partial charge in [-0.2, -0.15) is 13.2 Å². The molecule has 2 atom stereocenters. The van der Waals surface area contributed by atoms with E-state index in [0.717, 1.165) is 18.2 Å². The van der Waals surface area contributed by atoms with E-state index in [1.54, 1.807) is 0 Å². The Balaban J connectivity index is 2.86. The van der Waals surface area contributed by atoms with Crippen molar-refractivity contribution in [2.24, 2.45) is 0 Å². The van der Waals surface area contributed by atoms with Crippen LogP contribution in [0.5, 0.6) is 5.75 Å². The average molecular weight is 499 g/mol. The number of pyridine rings is 1. The zero-order valence-electron chi connectivity index (χ0n) is 17.7. The zero-order valence-corrected chi connectivity index (χ0v) is 19.3. The first-order chi connectivity index (χ1) is 14.8. The van der Waals surface area contributed by atoms with Crippen molar-refractivity contribution >= 4 is 23.0 Å². The minimum Gasteiger partial charge on any atom is -0.598 e. The lowest BCUT2D eigenvalue weighted by atomic mass is 9.89. The second kappa shape index (κ2) is 10.1. The summed E-state index contributed by atoms with van der Waals surface area (Å²) in [6.45, 7) is 2.43. The fourth-order valence-electron chi connectivity index (χ4n) is 2.67. The van der Waals surface area contributed by atoms with E-state index in [2.05, 4.69) is 4.98 Å². The molecule has 0 saturated carbocycles. The van der Waals surface area contributed by atoms with Crippen LogP contribution in [-0.2, 0) is 21.6 Å². The third-order valence-electron chi connectivity index (χ3n) is 4.38. The second-order valence-electron chi connectivity index (χ2n) is 7.77. The Morgan fingerprint density at radius 3 is 2.25 bits per heavy atom. The molecule has 2 N–H and O–H groups in total. The molecule has 1 unspecified atom stereocenters. The summed E-state index contributed by atoms with van der Waals surface area (Å²) < 4.78 is 80.7. The topological polar surface area (TPSA) is 86.7 Å². The largest absolute Gasteiger partial charge is 0.598 e. The number of aliphatic hydroxyl groups is 1. The van der Waals surface area contributed by atoms with E-state index in [4.69, 9.17) is 21.1 Å². The molecule has 6 nitrogen and oxygen atoms in total. The summed E-state index contributed by atoms with van der Waals surface area (Å²) in [7, 11) is 1.26. The Morgan fingerprint density at radius 2 is 1.78 bits per heavy atom. The number of rotatable bonds is 8. The number of nitrogens with one attached hydrogen (secondary N) is 1. The molecule has 178 valence electrons. The van der Waals surface area contributed by atoms with Crippen LogP contribution in [0.1, 0.15) is 26.3 Å². The van der Waals surface area contributed by atoms with Crippen molar-refractivity contribution in [3.8, 4) is 17.0 Å². The molecule has 2 rings (SSSR count). The lowest BCUT2D eigenvalue weighted by Crippen LogP contribution is -2.61. The van der Waals surface area contributed by atoms with Gasteiger partial charge in [0.25, 0.3) is 0 Å². The lowest BCUT2D eigenvalue weighted by Gasteiger charge is -2.38. The molecule has 0 aliphatic heterocycles. The van der Waals surface area contributed by atoms with E-state index < -0.39 is 58.4 Å². The first kappa shape index (κ1) is 26.6. The molecular weight excluding hydrogens is 476 g/mol. The van der Waals surface area contributed by atoms with Crippen LogP contribution in [-0.4, -0.2) is 46.1 Å². The highest BCUT2D eigenvalue weighted by Crippen LogP contribution is 2.47. The van der Waals surface area contributed by atoms with Crippen molar-refractivity contribution in [1.29, 1.82) is 0 Å². The van der Waals surface area contributed by atoms with Crippen molar-refractivity contribution in [2.75, 3.05) is 20.5 Å². The fourth-order valence-corrected chi connectivity index (χ4v) is 3.78. The molecule has 0 bridgehead atoms. The Labute approximate surface area is 191 Å². The number of methoxy groups -OCH3 is 1. The molecule has 0 fully saturated rings. The average Bonchev–Trinajstić information content (AvgIpc) is 2.69. The lowest BCUT2D eigenvalue weighted by molar-refractivity contribution is -0.205. The van der Waals surface area contributed by atoms with Gasteiger partial charge in [-0.15, -0.1) is 4.72 Å². The molecule has 1 aromatic carbocycles. The van der Waals surface area contributed by atoms with E-state index in [-0.39, 0.29) is 16.4 Å². The minimum absolute atomic E-state index is 0.144. The Bertz CT molecular complexity index is 926. The number of halogens is 5. The van der Waals surface area contributed by atoms with Crippen LogP contribution in [0.4, 0.5) is 17.6 Å². The molecule has 0 saturated heterocycles. The predicted octanol–water partition coefficient (Wildman–Crippen LogP) is 4.33. The summed E-state index contributed by atoms with van der Waals surface area (Å²) in [5.74, 6) is -0.995. The predicted molar refractivity (Wildman–Crippen MR) is 113 cm³/mol. The maximum Gasteiger partial charge on any atom is 0.417 e. The number of benzene rings is 1. The number of nitrogens with zero attached hydrogens (tertiary/aromatic N) is 1. The Kier molecular flexibility index (Phi) is 8.41. The van der Waals surface area contributed by atoms with Crippen LogP contribution in [0.2, 0.25) is 5.15 Å². The van der Waals surface area contributed by atoms with Crippen LogP contribution in [0, 0.1) is 5.82 Å². The van der Waals surface area contributed by atoms with Gasteiger partial charge >= 0.3 is 6.18 Å². The molecule has 2 aromatic rings. The summed E-state index contributed by atoms with van der Waals surface area (Å²) >= 11 is 3.79. The van der Waals surface area contributed by atoms with Crippen LogP contribution in [0.3, 0.4) is 0 Å². The molecule has 1 aromatic heterocycles. The van der Waals surface area contributed by atoms with Crippen molar-refractivity contribution < 1.29 is 36.7 Å². The third kappa shape index (κ3) is 5.64. The zero-order chi connectivity index (χ0) is 24.3. The van der Waals surface area contributed by atoms with Gasteiger partial charge in [0.2, 0.25) is 5.54 Å². The number of hydrogen-bond acceptors (Lipinski definition) is 6. The van der Waals surface area contributed by atoms with Crippen molar-refractivity contribution in [1.82, 2.24) is 9.71 Å². The normalized spacial score (nSPS) is 15.3. The molecule has 0 radical (unpaired) electrons. The van der Waals surface area contributed by atoms with Crippen molar-refractivity contribution in [3.63, 3.8) is 0 Å². The number of alkyl halides is 3. The molecule has 0 amide bonds. The summed E-state index contributed by atoms with van der Waals surface area (Å²) in [5.41, 5.74) is -3.82. The Hall–Kier alpha value is -1.63. The molecule has 1 heterocycles. The first-order valence-electron chi connectivity index (χ1n) is 9.23. The number of ether oxygens (including phenoxy) is 2. The summed E-state index contributed by atoms with van der Waals surface area (Å²) in [6, 6.07) is 5.62. The molecule has 32 heavy (non-hydrogen) atoms. The van der Waals surface area contributed by atoms with Crippen LogP contribution >= 0.6 is 11.6 Å². The van der Waals surface area contributed by atoms with Gasteiger partial charge in [-0.05, 0) is 51.1 Å². The number of aromatic nitrogens is 1. The molecule has 0 aliphatic carbocycles. The molecule has 0 aliphatic rings. The van der Waals surface area contributed by atoms with Gasteiger partial charge in [-0.1, -0.05) is 11.6 Å². The van der Waals surface area contributed by atoms with Gasteiger partial charge in [-0.3, -0.25) is 0 Å². The summed E-state index contributed by atoms with van der Waals surface area (Å²) in [5, 5.41) is 9.65. The van der Waals surface area contributed by atoms with Crippen LogP contribution in [0.25, 0.3) is 11.3 Å². The van der Waals surface area contributed by atoms with Gasteiger partial charge in [0, 0.05) is 29.6 Å². The summed E-state index contributed by atoms with van der Waals surface area (Å²) in [6.07, 6.45) is -5.14. The second-order valence-corrected chi connectivity index (χ2v) is 10.1. The van der Waals surface area contributed by atoms with E-state index in [1.807, 2.05) is 4.72 Å². The SMILES string of the molecule is COCOc1c(C(CO)(N[S@+]([O-])C(C)(C)C)C(F)(F)F)cc(Cl)nc1-c1ccc(F)cc1. The van der Waals surface area contributed by atoms with Crippen LogP contribution in [0.15, 0.2) is 30.3 Å². The maximum absolute atomic E-state index is 14.5. The maximum atomic E-state index is 14.5. The first-order valence-corrected chi connectivity index (χ1v) is 10.8. The highest BCUT2D eigenvalue weighted by Gasteiger charge is 2.61. The van der Waals surface area contributed by atoms with E-state index >= 15 is 0 Å². The fraction of sp³-hybridized carbons (Fsp3) is 0.450. The van der Waals surface area contributed by atoms with E-state index in [1.165, 1.54) is 40.0 Å². The van der Waals surface area contributed by atoms with Gasteiger partial charge in [-0.25, -0.2) is 9.37 Å². The third-order valence-corrected chi connectivity index (χ3v) is 6.22. The highest BCUT2D eigenvalue weighted by atomic mass is 35.5. The van der Waals surface area contributed by atoms with Crippen LogP contribution < -0.4 is 9.46 Å². The number of aliphatic hydroxyl groups excluding tert-OH is 1. The van der Waals surface area contributed by atoms with E-state index in [0.29, 0.717) is 0 Å². The quantitative estimate of drug-likeness (QED) is 0.244. The van der Waals surface area contributed by atoms with Gasteiger partial charge in [0.15, 0.2) is 12.5 Å². The minimum atomic E-state index is -5.14. The van der Waals surface area contributed by atoms with Gasteiger partial charge in [0.05, 0.1) is 6.61 Å². The monoisotopic (exact) mass is 498 g/mol.